The number of fused-ring (bicyclic) bond motifs is 1. The molecular formula is C18H17Cl2NO4. The first-order valence-electron chi connectivity index (χ1n) is 7.74. The number of hydrogen-bond acceptors (Lipinski definition) is 4. The van der Waals surface area contributed by atoms with Gasteiger partial charge in [-0.25, -0.2) is 0 Å². The van der Waals surface area contributed by atoms with E-state index in [1.165, 1.54) is 0 Å². The van der Waals surface area contributed by atoms with E-state index in [2.05, 4.69) is 0 Å². The number of benzene rings is 2. The maximum absolute atomic E-state index is 12.6. The number of amides is 1. The van der Waals surface area contributed by atoms with Gasteiger partial charge in [0.05, 0.1) is 18.2 Å². The molecule has 25 heavy (non-hydrogen) atoms. The molecule has 7 heteroatoms. The summed E-state index contributed by atoms with van der Waals surface area (Å²) in [5.74, 6) is 0.812. The van der Waals surface area contributed by atoms with Gasteiger partial charge in [0.15, 0.2) is 6.61 Å². The molecule has 5 nitrogen and oxygen atoms in total. The van der Waals surface area contributed by atoms with Gasteiger partial charge in [-0.1, -0.05) is 23.2 Å². The molecule has 1 aliphatic heterocycles. The summed E-state index contributed by atoms with van der Waals surface area (Å²) in [7, 11) is 1.56. The maximum Gasteiger partial charge on any atom is 0.264 e. The minimum Gasteiger partial charge on any atom is -0.497 e. The second-order valence-electron chi connectivity index (χ2n) is 5.64. The lowest BCUT2D eigenvalue weighted by molar-refractivity contribution is -0.120. The Kier molecular flexibility index (Phi) is 5.37. The molecule has 0 bridgehead atoms. The number of aliphatic hydroxyl groups is 1. The molecule has 3 rings (SSSR count). The number of aliphatic hydroxyl groups excluding tert-OH is 1. The molecule has 0 fully saturated rings. The van der Waals surface area contributed by atoms with E-state index in [1.54, 1.807) is 48.4 Å². The van der Waals surface area contributed by atoms with E-state index in [-0.39, 0.29) is 12.5 Å². The monoisotopic (exact) mass is 381 g/mol. The lowest BCUT2D eigenvalue weighted by atomic mass is 9.98. The molecule has 0 aromatic heterocycles. The van der Waals surface area contributed by atoms with E-state index < -0.39 is 6.10 Å². The fourth-order valence-electron chi connectivity index (χ4n) is 2.77. The zero-order chi connectivity index (χ0) is 18.0. The van der Waals surface area contributed by atoms with Crippen LogP contribution in [0.5, 0.6) is 11.5 Å². The first-order chi connectivity index (χ1) is 12.0. The SMILES string of the molecule is COc1ccc2c(c1)C(O)CCN2C(=O)COc1ccc(Cl)cc1Cl. The molecule has 2 aromatic rings. The van der Waals surface area contributed by atoms with Gasteiger partial charge in [-0.15, -0.1) is 0 Å². The van der Waals surface area contributed by atoms with Crippen LogP contribution in [-0.4, -0.2) is 31.3 Å². The molecule has 2 aromatic carbocycles. The van der Waals surface area contributed by atoms with Crippen LogP contribution >= 0.6 is 23.2 Å². The van der Waals surface area contributed by atoms with Crippen LogP contribution in [0.15, 0.2) is 36.4 Å². The standard InChI is InChI=1S/C18H17Cl2NO4/c1-24-12-3-4-15-13(9-12)16(22)6-7-21(15)18(23)10-25-17-5-2-11(19)8-14(17)20/h2-5,8-9,16,22H,6-7,10H2,1H3. The average Bonchev–Trinajstić information content (AvgIpc) is 2.61. The van der Waals surface area contributed by atoms with Gasteiger partial charge in [0, 0.05) is 22.8 Å². The topological polar surface area (TPSA) is 59.0 Å². The summed E-state index contributed by atoms with van der Waals surface area (Å²) in [6.45, 7) is 0.250. The minimum absolute atomic E-state index is 0.164. The number of halogens is 2. The fourth-order valence-corrected chi connectivity index (χ4v) is 3.23. The maximum atomic E-state index is 12.6. The molecule has 132 valence electrons. The van der Waals surface area contributed by atoms with Gasteiger partial charge in [0.1, 0.15) is 11.5 Å². The lowest BCUT2D eigenvalue weighted by Gasteiger charge is -2.32. The van der Waals surface area contributed by atoms with Gasteiger partial charge in [0.2, 0.25) is 0 Å². The van der Waals surface area contributed by atoms with E-state index in [9.17, 15) is 9.90 Å². The highest BCUT2D eigenvalue weighted by Crippen LogP contribution is 2.36. The quantitative estimate of drug-likeness (QED) is 0.873. The highest BCUT2D eigenvalue weighted by Gasteiger charge is 2.28. The number of carbonyl (C=O) groups is 1. The predicted octanol–water partition coefficient (Wildman–Crippen LogP) is 3.85. The normalized spacial score (nSPS) is 16.3. The Morgan fingerprint density at radius 2 is 2.08 bits per heavy atom. The van der Waals surface area contributed by atoms with Gasteiger partial charge >= 0.3 is 0 Å². The molecule has 1 amide bonds. The van der Waals surface area contributed by atoms with Crippen molar-refractivity contribution >= 4 is 34.8 Å². The van der Waals surface area contributed by atoms with Crippen molar-refractivity contribution in [3.05, 3.63) is 52.0 Å². The number of ether oxygens (including phenoxy) is 2. The Morgan fingerprint density at radius 1 is 1.28 bits per heavy atom. The van der Waals surface area contributed by atoms with Crippen molar-refractivity contribution in [2.45, 2.75) is 12.5 Å². The number of anilines is 1. The summed E-state index contributed by atoms with van der Waals surface area (Å²) >= 11 is 11.9. The summed E-state index contributed by atoms with van der Waals surface area (Å²) in [6.07, 6.45) is -0.172. The van der Waals surface area contributed by atoms with Gasteiger partial charge in [0.25, 0.3) is 5.91 Å². The van der Waals surface area contributed by atoms with Gasteiger partial charge in [-0.05, 0) is 42.8 Å². The van der Waals surface area contributed by atoms with Crippen LogP contribution < -0.4 is 14.4 Å². The number of methoxy groups -OCH3 is 1. The Morgan fingerprint density at radius 3 is 2.80 bits per heavy atom. The largest absolute Gasteiger partial charge is 0.497 e. The van der Waals surface area contributed by atoms with Gasteiger partial charge in [-0.2, -0.15) is 0 Å². The van der Waals surface area contributed by atoms with Crippen LogP contribution in [-0.2, 0) is 4.79 Å². The summed E-state index contributed by atoms with van der Waals surface area (Å²) < 4.78 is 10.7. The molecule has 1 N–H and O–H groups in total. The van der Waals surface area contributed by atoms with Crippen LogP contribution in [0.1, 0.15) is 18.1 Å². The number of hydrogen-bond donors (Lipinski definition) is 1. The number of rotatable bonds is 4. The van der Waals surface area contributed by atoms with E-state index in [0.717, 1.165) is 0 Å². The predicted molar refractivity (Wildman–Crippen MR) is 96.9 cm³/mol. The highest BCUT2D eigenvalue weighted by molar-refractivity contribution is 6.35. The molecule has 0 spiro atoms. The van der Waals surface area contributed by atoms with Crippen LogP contribution in [0.3, 0.4) is 0 Å². The van der Waals surface area contributed by atoms with Crippen LogP contribution in [0.4, 0.5) is 5.69 Å². The van der Waals surface area contributed by atoms with Crippen molar-refractivity contribution in [1.82, 2.24) is 0 Å². The van der Waals surface area contributed by atoms with Crippen LogP contribution in [0, 0.1) is 0 Å². The van der Waals surface area contributed by atoms with E-state index in [0.29, 0.717) is 45.8 Å². The molecule has 1 heterocycles. The Labute approximate surface area is 155 Å². The van der Waals surface area contributed by atoms with Crippen molar-refractivity contribution in [3.8, 4) is 11.5 Å². The van der Waals surface area contributed by atoms with Gasteiger partial charge < -0.3 is 19.5 Å². The third-order valence-corrected chi connectivity index (χ3v) is 4.59. The number of nitrogens with zero attached hydrogens (tertiary/aromatic N) is 1. The first kappa shape index (κ1) is 17.9. The minimum atomic E-state index is -0.624. The molecule has 0 saturated carbocycles. The van der Waals surface area contributed by atoms with E-state index in [4.69, 9.17) is 32.7 Å². The van der Waals surface area contributed by atoms with Gasteiger partial charge in [-0.3, -0.25) is 4.79 Å². The zero-order valence-corrected chi connectivity index (χ0v) is 15.0. The zero-order valence-electron chi connectivity index (χ0n) is 13.5. The Bertz CT molecular complexity index is 797. The van der Waals surface area contributed by atoms with E-state index in [1.807, 2.05) is 0 Å². The summed E-state index contributed by atoms with van der Waals surface area (Å²) in [5.41, 5.74) is 1.33. The molecule has 1 unspecified atom stereocenters. The Balaban J connectivity index is 1.76. The van der Waals surface area contributed by atoms with Crippen molar-refractivity contribution in [2.24, 2.45) is 0 Å². The second kappa shape index (κ2) is 7.52. The summed E-state index contributed by atoms with van der Waals surface area (Å²) in [6, 6.07) is 10.1. The number of carbonyl (C=O) groups excluding carboxylic acids is 1. The lowest BCUT2D eigenvalue weighted by Crippen LogP contribution is -2.39. The molecule has 0 saturated heterocycles. The fraction of sp³-hybridized carbons (Fsp3) is 0.278. The van der Waals surface area contributed by atoms with Crippen molar-refractivity contribution < 1.29 is 19.4 Å². The molecule has 1 atom stereocenters. The summed E-state index contributed by atoms with van der Waals surface area (Å²) in [4.78, 5) is 14.2. The van der Waals surface area contributed by atoms with Crippen molar-refractivity contribution in [2.75, 3.05) is 25.2 Å². The highest BCUT2D eigenvalue weighted by atomic mass is 35.5. The molecule has 0 radical (unpaired) electrons. The summed E-state index contributed by atoms with van der Waals surface area (Å²) in [5, 5.41) is 11.0. The third-order valence-electron chi connectivity index (χ3n) is 4.06. The Hall–Kier alpha value is -1.95. The molecular weight excluding hydrogens is 365 g/mol. The molecule has 1 aliphatic rings. The average molecular weight is 382 g/mol. The second-order valence-corrected chi connectivity index (χ2v) is 6.48. The first-order valence-corrected chi connectivity index (χ1v) is 8.49. The third kappa shape index (κ3) is 3.84. The van der Waals surface area contributed by atoms with Crippen molar-refractivity contribution in [3.63, 3.8) is 0 Å². The van der Waals surface area contributed by atoms with Crippen molar-refractivity contribution in [1.29, 1.82) is 0 Å². The smallest absolute Gasteiger partial charge is 0.264 e. The molecule has 0 aliphatic carbocycles. The van der Waals surface area contributed by atoms with Crippen LogP contribution in [0.25, 0.3) is 0 Å². The van der Waals surface area contributed by atoms with E-state index >= 15 is 0 Å². The van der Waals surface area contributed by atoms with Crippen LogP contribution in [0.2, 0.25) is 10.0 Å².